The summed E-state index contributed by atoms with van der Waals surface area (Å²) in [6.45, 7) is 2.53. The van der Waals surface area contributed by atoms with Gasteiger partial charge in [-0.15, -0.1) is 0 Å². The first kappa shape index (κ1) is 13.4. The molecule has 90 valence electrons. The number of nitrogens with two attached hydrogens (primary N) is 1. The summed E-state index contributed by atoms with van der Waals surface area (Å²) < 4.78 is 18.2. The van der Waals surface area contributed by atoms with E-state index in [0.29, 0.717) is 13.0 Å². The van der Waals surface area contributed by atoms with E-state index in [0.717, 1.165) is 12.0 Å². The van der Waals surface area contributed by atoms with E-state index in [1.807, 2.05) is 6.92 Å². The molecule has 1 rings (SSSR count). The highest BCUT2D eigenvalue weighted by Crippen LogP contribution is 2.19. The van der Waals surface area contributed by atoms with E-state index in [2.05, 4.69) is 0 Å². The molecule has 1 unspecified atom stereocenters. The molecule has 0 radical (unpaired) electrons. The largest absolute Gasteiger partial charge is 0.385 e. The molecule has 1 aromatic carbocycles. The van der Waals surface area contributed by atoms with Crippen molar-refractivity contribution in [2.24, 2.45) is 5.73 Å². The Balaban J connectivity index is 2.68. The molecule has 1 atom stereocenters. The van der Waals surface area contributed by atoms with Crippen molar-refractivity contribution in [2.45, 2.75) is 25.3 Å². The van der Waals surface area contributed by atoms with Gasteiger partial charge in [0.05, 0.1) is 5.02 Å². The van der Waals surface area contributed by atoms with Crippen LogP contribution in [0.5, 0.6) is 0 Å². The predicted molar refractivity (Wildman–Crippen MR) is 64.2 cm³/mol. The molecule has 0 aliphatic heterocycles. The fourth-order valence-corrected chi connectivity index (χ4v) is 1.66. The Labute approximate surface area is 101 Å². The Kier molecular flexibility index (Phi) is 4.71. The molecule has 4 heteroatoms. The van der Waals surface area contributed by atoms with Crippen molar-refractivity contribution in [3.63, 3.8) is 0 Å². The maximum atomic E-state index is 13.2. The first-order valence-corrected chi connectivity index (χ1v) is 5.54. The van der Waals surface area contributed by atoms with Crippen LogP contribution in [0.4, 0.5) is 4.39 Å². The highest BCUT2D eigenvalue weighted by molar-refractivity contribution is 6.30. The number of rotatable bonds is 5. The predicted octanol–water partition coefficient (Wildman–Crippen LogP) is 2.78. The van der Waals surface area contributed by atoms with Crippen molar-refractivity contribution in [3.05, 3.63) is 34.6 Å². The van der Waals surface area contributed by atoms with Crippen molar-refractivity contribution in [1.82, 2.24) is 0 Å². The summed E-state index contributed by atoms with van der Waals surface area (Å²) in [4.78, 5) is 0. The van der Waals surface area contributed by atoms with Crippen LogP contribution < -0.4 is 5.73 Å². The summed E-state index contributed by atoms with van der Waals surface area (Å²) in [5.74, 6) is -0.401. The minimum Gasteiger partial charge on any atom is -0.385 e. The van der Waals surface area contributed by atoms with Crippen LogP contribution in [-0.4, -0.2) is 19.3 Å². The summed E-state index contributed by atoms with van der Waals surface area (Å²) >= 11 is 5.61. The van der Waals surface area contributed by atoms with Crippen LogP contribution >= 0.6 is 11.6 Å². The standard InChI is InChI=1S/C12H17ClFNO/c1-12(15,5-6-16-2)8-9-3-4-10(13)11(14)7-9/h3-4,7H,5-6,8,15H2,1-2H3. The fraction of sp³-hybridized carbons (Fsp3) is 0.500. The van der Waals surface area contributed by atoms with Crippen molar-refractivity contribution in [2.75, 3.05) is 13.7 Å². The molecule has 0 spiro atoms. The van der Waals surface area contributed by atoms with E-state index in [1.165, 1.54) is 6.07 Å². The van der Waals surface area contributed by atoms with E-state index >= 15 is 0 Å². The van der Waals surface area contributed by atoms with Gasteiger partial charge in [-0.3, -0.25) is 0 Å². The molecule has 0 fully saturated rings. The van der Waals surface area contributed by atoms with Crippen molar-refractivity contribution in [1.29, 1.82) is 0 Å². The van der Waals surface area contributed by atoms with Crippen LogP contribution in [0.15, 0.2) is 18.2 Å². The van der Waals surface area contributed by atoms with Gasteiger partial charge in [0.25, 0.3) is 0 Å². The fourth-order valence-electron chi connectivity index (χ4n) is 1.54. The van der Waals surface area contributed by atoms with E-state index in [-0.39, 0.29) is 5.02 Å². The van der Waals surface area contributed by atoms with Crippen LogP contribution in [0.2, 0.25) is 5.02 Å². The smallest absolute Gasteiger partial charge is 0.142 e. The Morgan fingerprint density at radius 3 is 2.75 bits per heavy atom. The summed E-state index contributed by atoms with van der Waals surface area (Å²) in [6.07, 6.45) is 1.33. The summed E-state index contributed by atoms with van der Waals surface area (Å²) in [7, 11) is 1.64. The second-order valence-corrected chi connectivity index (χ2v) is 4.73. The Morgan fingerprint density at radius 1 is 1.50 bits per heavy atom. The van der Waals surface area contributed by atoms with Crippen molar-refractivity contribution in [3.8, 4) is 0 Å². The van der Waals surface area contributed by atoms with Crippen LogP contribution in [0.1, 0.15) is 18.9 Å². The second-order valence-electron chi connectivity index (χ2n) is 4.32. The molecule has 0 heterocycles. The number of halogens is 2. The van der Waals surface area contributed by atoms with Gasteiger partial charge >= 0.3 is 0 Å². The van der Waals surface area contributed by atoms with Gasteiger partial charge in [-0.25, -0.2) is 4.39 Å². The third-order valence-electron chi connectivity index (χ3n) is 2.47. The van der Waals surface area contributed by atoms with E-state index in [1.54, 1.807) is 19.2 Å². The second kappa shape index (κ2) is 5.62. The summed E-state index contributed by atoms with van der Waals surface area (Å²) in [5.41, 5.74) is 6.54. The van der Waals surface area contributed by atoms with Gasteiger partial charge in [-0.1, -0.05) is 17.7 Å². The first-order valence-electron chi connectivity index (χ1n) is 5.16. The van der Waals surface area contributed by atoms with Gasteiger partial charge in [0.15, 0.2) is 0 Å². The lowest BCUT2D eigenvalue weighted by Gasteiger charge is -2.24. The Bertz CT molecular complexity index is 355. The molecule has 0 saturated heterocycles. The normalized spacial score (nSPS) is 14.8. The molecular weight excluding hydrogens is 229 g/mol. The van der Waals surface area contributed by atoms with Crippen molar-refractivity contribution >= 4 is 11.6 Å². The zero-order chi connectivity index (χ0) is 12.2. The number of hydrogen-bond donors (Lipinski definition) is 1. The lowest BCUT2D eigenvalue weighted by Crippen LogP contribution is -2.39. The zero-order valence-electron chi connectivity index (χ0n) is 9.59. The quantitative estimate of drug-likeness (QED) is 0.866. The molecule has 0 aromatic heterocycles. The molecule has 0 saturated carbocycles. The van der Waals surface area contributed by atoms with Crippen LogP contribution in [-0.2, 0) is 11.2 Å². The van der Waals surface area contributed by atoms with Gasteiger partial charge in [0, 0.05) is 19.3 Å². The van der Waals surface area contributed by atoms with Crippen LogP contribution in [0.3, 0.4) is 0 Å². The van der Waals surface area contributed by atoms with Crippen molar-refractivity contribution < 1.29 is 9.13 Å². The molecule has 16 heavy (non-hydrogen) atoms. The average Bonchev–Trinajstić information content (AvgIpc) is 2.20. The molecule has 0 bridgehead atoms. The van der Waals surface area contributed by atoms with Crippen LogP contribution in [0.25, 0.3) is 0 Å². The number of methoxy groups -OCH3 is 1. The average molecular weight is 246 g/mol. The summed E-state index contributed by atoms with van der Waals surface area (Å²) in [5, 5.41) is 0.138. The first-order chi connectivity index (χ1) is 7.44. The topological polar surface area (TPSA) is 35.2 Å². The van der Waals surface area contributed by atoms with E-state index < -0.39 is 11.4 Å². The summed E-state index contributed by atoms with van der Waals surface area (Å²) in [6, 6.07) is 4.78. The molecular formula is C12H17ClFNO. The van der Waals surface area contributed by atoms with Gasteiger partial charge in [0.2, 0.25) is 0 Å². The van der Waals surface area contributed by atoms with Gasteiger partial charge in [0.1, 0.15) is 5.82 Å². The number of ether oxygens (including phenoxy) is 1. The molecule has 2 N–H and O–H groups in total. The molecule has 0 aliphatic carbocycles. The van der Waals surface area contributed by atoms with Gasteiger partial charge in [-0.05, 0) is 37.5 Å². The minimum atomic E-state index is -0.401. The van der Waals surface area contributed by atoms with E-state index in [4.69, 9.17) is 22.1 Å². The SMILES string of the molecule is COCCC(C)(N)Cc1ccc(Cl)c(F)c1. The zero-order valence-corrected chi connectivity index (χ0v) is 10.4. The van der Waals surface area contributed by atoms with Crippen LogP contribution in [0, 0.1) is 5.82 Å². The highest BCUT2D eigenvalue weighted by atomic mass is 35.5. The molecule has 1 aromatic rings. The maximum Gasteiger partial charge on any atom is 0.142 e. The lowest BCUT2D eigenvalue weighted by molar-refractivity contribution is 0.171. The Hall–Kier alpha value is -0.640. The maximum absolute atomic E-state index is 13.2. The number of benzene rings is 1. The number of hydrogen-bond acceptors (Lipinski definition) is 2. The minimum absolute atomic E-state index is 0.138. The molecule has 0 amide bonds. The van der Waals surface area contributed by atoms with Gasteiger partial charge in [-0.2, -0.15) is 0 Å². The Morgan fingerprint density at radius 2 is 2.19 bits per heavy atom. The molecule has 2 nitrogen and oxygen atoms in total. The third-order valence-corrected chi connectivity index (χ3v) is 2.78. The van der Waals surface area contributed by atoms with Gasteiger partial charge < -0.3 is 10.5 Å². The lowest BCUT2D eigenvalue weighted by atomic mass is 9.91. The third kappa shape index (κ3) is 4.08. The van der Waals surface area contributed by atoms with E-state index in [9.17, 15) is 4.39 Å². The molecule has 0 aliphatic rings. The monoisotopic (exact) mass is 245 g/mol. The highest BCUT2D eigenvalue weighted by Gasteiger charge is 2.19.